The summed E-state index contributed by atoms with van der Waals surface area (Å²) in [6.07, 6.45) is 4.49. The highest BCUT2D eigenvalue weighted by molar-refractivity contribution is 7.14. The van der Waals surface area contributed by atoms with Crippen molar-refractivity contribution in [2.24, 2.45) is 0 Å². The van der Waals surface area contributed by atoms with E-state index in [-0.39, 0.29) is 18.0 Å². The van der Waals surface area contributed by atoms with Crippen LogP contribution < -0.4 is 9.64 Å². The van der Waals surface area contributed by atoms with Crippen molar-refractivity contribution >= 4 is 28.4 Å². The molecule has 1 fully saturated rings. The smallest absolute Gasteiger partial charge is 0.333 e. The Bertz CT molecular complexity index is 800. The standard InChI is InChI=1S/C18H19N3O3S/c1-12-10-13-4-5-14(11-15(13)24-12)16(22)21(17-19-6-9-25-17)18(23)20-7-2-3-8-20/h4-6,9,11-12H,2-3,7-8,10H2,1H3. The van der Waals surface area contributed by atoms with Gasteiger partial charge >= 0.3 is 6.03 Å². The number of carbonyl (C=O) groups excluding carboxylic acids is 2. The summed E-state index contributed by atoms with van der Waals surface area (Å²) in [5.41, 5.74) is 1.53. The van der Waals surface area contributed by atoms with Crippen LogP contribution in [0.25, 0.3) is 0 Å². The molecule has 0 radical (unpaired) electrons. The molecule has 2 aliphatic heterocycles. The lowest BCUT2D eigenvalue weighted by atomic mass is 10.1. The molecule has 0 spiro atoms. The number of aromatic nitrogens is 1. The van der Waals surface area contributed by atoms with E-state index >= 15 is 0 Å². The Morgan fingerprint density at radius 2 is 2.12 bits per heavy atom. The molecule has 130 valence electrons. The zero-order chi connectivity index (χ0) is 17.4. The largest absolute Gasteiger partial charge is 0.490 e. The van der Waals surface area contributed by atoms with Gasteiger partial charge in [-0.15, -0.1) is 11.3 Å². The number of carbonyl (C=O) groups is 2. The molecule has 4 rings (SSSR count). The lowest BCUT2D eigenvalue weighted by Gasteiger charge is -2.24. The monoisotopic (exact) mass is 357 g/mol. The van der Waals surface area contributed by atoms with Crippen LogP contribution >= 0.6 is 11.3 Å². The Morgan fingerprint density at radius 3 is 2.84 bits per heavy atom. The Labute approximate surface area is 150 Å². The third kappa shape index (κ3) is 3.00. The highest BCUT2D eigenvalue weighted by atomic mass is 32.1. The third-order valence-corrected chi connectivity index (χ3v) is 5.29. The lowest BCUT2D eigenvalue weighted by Crippen LogP contribution is -2.45. The quantitative estimate of drug-likeness (QED) is 0.827. The molecule has 0 aliphatic carbocycles. The van der Waals surface area contributed by atoms with Crippen LogP contribution in [0.1, 0.15) is 35.7 Å². The fourth-order valence-electron chi connectivity index (χ4n) is 3.29. The van der Waals surface area contributed by atoms with E-state index in [2.05, 4.69) is 4.98 Å². The maximum Gasteiger partial charge on any atom is 0.333 e. The highest BCUT2D eigenvalue weighted by Gasteiger charge is 2.33. The van der Waals surface area contributed by atoms with Crippen molar-refractivity contribution in [3.05, 3.63) is 40.9 Å². The molecule has 1 aromatic carbocycles. The summed E-state index contributed by atoms with van der Waals surface area (Å²) in [5, 5.41) is 2.16. The maximum absolute atomic E-state index is 13.1. The molecule has 1 atom stereocenters. The molecule has 1 unspecified atom stereocenters. The first-order valence-electron chi connectivity index (χ1n) is 8.46. The van der Waals surface area contributed by atoms with Gasteiger partial charge in [0.1, 0.15) is 11.9 Å². The van der Waals surface area contributed by atoms with E-state index in [1.807, 2.05) is 13.0 Å². The van der Waals surface area contributed by atoms with E-state index in [4.69, 9.17) is 4.74 Å². The van der Waals surface area contributed by atoms with Crippen LogP contribution in [-0.4, -0.2) is 41.0 Å². The minimum Gasteiger partial charge on any atom is -0.490 e. The topological polar surface area (TPSA) is 62.7 Å². The van der Waals surface area contributed by atoms with Crippen molar-refractivity contribution < 1.29 is 14.3 Å². The van der Waals surface area contributed by atoms with Crippen molar-refractivity contribution in [1.82, 2.24) is 9.88 Å². The summed E-state index contributed by atoms with van der Waals surface area (Å²) in [4.78, 5) is 33.1. The lowest BCUT2D eigenvalue weighted by molar-refractivity contribution is 0.0987. The first kappa shape index (κ1) is 16.1. The van der Waals surface area contributed by atoms with Gasteiger partial charge in [-0.05, 0) is 37.5 Å². The molecule has 1 saturated heterocycles. The number of nitrogens with zero attached hydrogens (tertiary/aromatic N) is 3. The van der Waals surface area contributed by atoms with Crippen LogP contribution in [0.5, 0.6) is 5.75 Å². The van der Waals surface area contributed by atoms with Crippen LogP contribution in [0.2, 0.25) is 0 Å². The van der Waals surface area contributed by atoms with Gasteiger partial charge in [0.25, 0.3) is 5.91 Å². The minimum atomic E-state index is -0.363. The second kappa shape index (κ2) is 6.48. The molecule has 0 saturated carbocycles. The van der Waals surface area contributed by atoms with Crippen LogP contribution in [0.4, 0.5) is 9.93 Å². The van der Waals surface area contributed by atoms with Gasteiger partial charge in [0, 0.05) is 36.7 Å². The second-order valence-electron chi connectivity index (χ2n) is 6.39. The molecule has 3 amide bonds. The molecular formula is C18H19N3O3S. The van der Waals surface area contributed by atoms with E-state index < -0.39 is 0 Å². The Kier molecular flexibility index (Phi) is 4.17. The van der Waals surface area contributed by atoms with Crippen molar-refractivity contribution in [3.8, 4) is 5.75 Å². The summed E-state index contributed by atoms with van der Waals surface area (Å²) in [6, 6.07) is 5.11. The average Bonchev–Trinajstić information content (AvgIpc) is 3.35. The summed E-state index contributed by atoms with van der Waals surface area (Å²) < 4.78 is 5.75. The number of ether oxygens (including phenoxy) is 1. The minimum absolute atomic E-state index is 0.113. The summed E-state index contributed by atoms with van der Waals surface area (Å²) in [7, 11) is 0. The van der Waals surface area contributed by atoms with Gasteiger partial charge in [-0.2, -0.15) is 0 Å². The highest BCUT2D eigenvalue weighted by Crippen LogP contribution is 2.31. The van der Waals surface area contributed by atoms with Crippen LogP contribution in [0, 0.1) is 0 Å². The normalized spacial score (nSPS) is 18.8. The number of amides is 3. The van der Waals surface area contributed by atoms with Gasteiger partial charge in [0.05, 0.1) is 0 Å². The first-order valence-corrected chi connectivity index (χ1v) is 9.34. The van der Waals surface area contributed by atoms with E-state index in [1.54, 1.807) is 28.6 Å². The Balaban J connectivity index is 1.66. The number of anilines is 1. The predicted octanol–water partition coefficient (Wildman–Crippen LogP) is 3.33. The van der Waals surface area contributed by atoms with Gasteiger partial charge in [-0.3, -0.25) is 4.79 Å². The zero-order valence-electron chi connectivity index (χ0n) is 14.0. The van der Waals surface area contributed by atoms with Crippen molar-refractivity contribution in [3.63, 3.8) is 0 Å². The third-order valence-electron chi connectivity index (χ3n) is 4.53. The number of hydrogen-bond donors (Lipinski definition) is 0. The van der Waals surface area contributed by atoms with Crippen molar-refractivity contribution in [1.29, 1.82) is 0 Å². The van der Waals surface area contributed by atoms with E-state index in [0.717, 1.165) is 30.6 Å². The molecule has 7 heteroatoms. The molecule has 2 aromatic rings. The van der Waals surface area contributed by atoms with E-state index in [1.165, 1.54) is 16.2 Å². The van der Waals surface area contributed by atoms with Crippen molar-refractivity contribution in [2.75, 3.05) is 18.0 Å². The molecule has 0 bridgehead atoms. The number of fused-ring (bicyclic) bond motifs is 1. The number of rotatable bonds is 2. The number of benzene rings is 1. The molecule has 25 heavy (non-hydrogen) atoms. The van der Waals surface area contributed by atoms with Gasteiger partial charge < -0.3 is 9.64 Å². The number of hydrogen-bond acceptors (Lipinski definition) is 5. The molecule has 2 aliphatic rings. The van der Waals surface area contributed by atoms with Crippen LogP contribution in [0.3, 0.4) is 0 Å². The van der Waals surface area contributed by atoms with Gasteiger partial charge in [-0.25, -0.2) is 14.7 Å². The molecule has 1 aromatic heterocycles. The van der Waals surface area contributed by atoms with E-state index in [0.29, 0.717) is 23.8 Å². The molecular weight excluding hydrogens is 338 g/mol. The van der Waals surface area contributed by atoms with Gasteiger partial charge in [-0.1, -0.05) is 6.07 Å². The van der Waals surface area contributed by atoms with Crippen molar-refractivity contribution in [2.45, 2.75) is 32.3 Å². The fourth-order valence-corrected chi connectivity index (χ4v) is 3.93. The Hall–Kier alpha value is -2.41. The van der Waals surface area contributed by atoms with Crippen LogP contribution in [0.15, 0.2) is 29.8 Å². The molecule has 0 N–H and O–H groups in total. The fraction of sp³-hybridized carbons (Fsp3) is 0.389. The summed E-state index contributed by atoms with van der Waals surface area (Å²) in [6.45, 7) is 3.36. The number of urea groups is 1. The van der Waals surface area contributed by atoms with Gasteiger partial charge in [0.15, 0.2) is 0 Å². The van der Waals surface area contributed by atoms with Crippen LogP contribution in [-0.2, 0) is 6.42 Å². The average molecular weight is 357 g/mol. The predicted molar refractivity (Wildman–Crippen MR) is 95.4 cm³/mol. The number of thiazole rings is 1. The maximum atomic E-state index is 13.1. The molecule has 3 heterocycles. The first-order chi connectivity index (χ1) is 12.1. The molecule has 6 nitrogen and oxygen atoms in total. The zero-order valence-corrected chi connectivity index (χ0v) is 14.8. The second-order valence-corrected chi connectivity index (χ2v) is 7.26. The Morgan fingerprint density at radius 1 is 1.32 bits per heavy atom. The van der Waals surface area contributed by atoms with Gasteiger partial charge in [0.2, 0.25) is 5.13 Å². The van der Waals surface area contributed by atoms with E-state index in [9.17, 15) is 9.59 Å². The SMILES string of the molecule is CC1Cc2ccc(C(=O)N(C(=O)N3CCCC3)c3nccs3)cc2O1. The summed E-state index contributed by atoms with van der Waals surface area (Å²) in [5.74, 6) is 0.365. The number of likely N-dealkylation sites (tertiary alicyclic amines) is 1. The summed E-state index contributed by atoms with van der Waals surface area (Å²) >= 11 is 1.28. The number of imide groups is 1.